The van der Waals surface area contributed by atoms with Crippen LogP contribution in [0.15, 0.2) is 12.1 Å². The SMILES string of the molecule is CCc1cc(NC(C)=O)c(C(=O)O)cc1F. The number of rotatable bonds is 3. The van der Waals surface area contributed by atoms with Gasteiger partial charge in [-0.05, 0) is 24.1 Å². The highest BCUT2D eigenvalue weighted by molar-refractivity contribution is 6.00. The van der Waals surface area contributed by atoms with Crippen molar-refractivity contribution in [3.63, 3.8) is 0 Å². The topological polar surface area (TPSA) is 66.4 Å². The number of carbonyl (C=O) groups is 2. The molecular weight excluding hydrogens is 213 g/mol. The summed E-state index contributed by atoms with van der Waals surface area (Å²) in [5.74, 6) is -2.24. The molecule has 1 rings (SSSR count). The van der Waals surface area contributed by atoms with E-state index in [2.05, 4.69) is 5.32 Å². The van der Waals surface area contributed by atoms with Crippen LogP contribution >= 0.6 is 0 Å². The van der Waals surface area contributed by atoms with Crippen LogP contribution < -0.4 is 5.32 Å². The van der Waals surface area contributed by atoms with E-state index in [0.29, 0.717) is 12.0 Å². The minimum absolute atomic E-state index is 0.123. The zero-order chi connectivity index (χ0) is 12.3. The van der Waals surface area contributed by atoms with Gasteiger partial charge in [0, 0.05) is 6.92 Å². The largest absolute Gasteiger partial charge is 0.478 e. The van der Waals surface area contributed by atoms with Crippen molar-refractivity contribution in [1.82, 2.24) is 0 Å². The molecule has 0 unspecified atom stereocenters. The van der Waals surface area contributed by atoms with Gasteiger partial charge in [0.25, 0.3) is 0 Å². The van der Waals surface area contributed by atoms with E-state index in [1.165, 1.54) is 13.0 Å². The Morgan fingerprint density at radius 1 is 1.44 bits per heavy atom. The second-order valence-electron chi connectivity index (χ2n) is 3.33. The molecule has 0 saturated heterocycles. The maximum atomic E-state index is 13.4. The molecule has 0 radical (unpaired) electrons. The molecule has 0 spiro atoms. The summed E-state index contributed by atoms with van der Waals surface area (Å²) in [6.45, 7) is 3.01. The third kappa shape index (κ3) is 2.56. The monoisotopic (exact) mass is 225 g/mol. The van der Waals surface area contributed by atoms with Crippen LogP contribution in [0, 0.1) is 5.82 Å². The molecule has 0 heterocycles. The van der Waals surface area contributed by atoms with Gasteiger partial charge in [-0.15, -0.1) is 0 Å². The molecule has 4 nitrogen and oxygen atoms in total. The summed E-state index contributed by atoms with van der Waals surface area (Å²) < 4.78 is 13.4. The lowest BCUT2D eigenvalue weighted by atomic mass is 10.1. The van der Waals surface area contributed by atoms with Crippen molar-refractivity contribution >= 4 is 17.6 Å². The van der Waals surface area contributed by atoms with Gasteiger partial charge in [0.15, 0.2) is 0 Å². The lowest BCUT2D eigenvalue weighted by Gasteiger charge is -2.09. The Bertz CT molecular complexity index is 443. The molecule has 1 aromatic carbocycles. The van der Waals surface area contributed by atoms with Crippen molar-refractivity contribution in [3.8, 4) is 0 Å². The predicted octanol–water partition coefficient (Wildman–Crippen LogP) is 2.04. The fraction of sp³-hybridized carbons (Fsp3) is 0.273. The molecule has 0 aliphatic rings. The number of hydrogen-bond donors (Lipinski definition) is 2. The fourth-order valence-corrected chi connectivity index (χ4v) is 1.36. The number of halogens is 1. The van der Waals surface area contributed by atoms with Crippen LogP contribution in [0.1, 0.15) is 29.8 Å². The minimum atomic E-state index is -1.27. The van der Waals surface area contributed by atoms with E-state index in [9.17, 15) is 14.0 Å². The maximum Gasteiger partial charge on any atom is 0.337 e. The Hall–Kier alpha value is -1.91. The molecule has 1 aromatic rings. The van der Waals surface area contributed by atoms with Gasteiger partial charge in [0.05, 0.1) is 11.3 Å². The van der Waals surface area contributed by atoms with E-state index in [4.69, 9.17) is 5.11 Å². The Balaban J connectivity index is 3.30. The highest BCUT2D eigenvalue weighted by Crippen LogP contribution is 2.21. The number of carbonyl (C=O) groups excluding carboxylic acids is 1. The molecule has 0 aliphatic heterocycles. The van der Waals surface area contributed by atoms with E-state index in [1.807, 2.05) is 0 Å². The van der Waals surface area contributed by atoms with Gasteiger partial charge < -0.3 is 10.4 Å². The highest BCUT2D eigenvalue weighted by atomic mass is 19.1. The van der Waals surface area contributed by atoms with Gasteiger partial charge in [-0.25, -0.2) is 9.18 Å². The molecule has 0 aliphatic carbocycles. The molecule has 1 amide bonds. The Morgan fingerprint density at radius 2 is 2.06 bits per heavy atom. The summed E-state index contributed by atoms with van der Waals surface area (Å²) in [5, 5.41) is 11.2. The number of aromatic carboxylic acids is 1. The number of anilines is 1. The quantitative estimate of drug-likeness (QED) is 0.827. The van der Waals surface area contributed by atoms with Crippen molar-refractivity contribution in [2.24, 2.45) is 0 Å². The fourth-order valence-electron chi connectivity index (χ4n) is 1.36. The Labute approximate surface area is 92.1 Å². The zero-order valence-corrected chi connectivity index (χ0v) is 9.00. The number of hydrogen-bond acceptors (Lipinski definition) is 2. The van der Waals surface area contributed by atoms with Crippen molar-refractivity contribution in [1.29, 1.82) is 0 Å². The summed E-state index contributed by atoms with van der Waals surface area (Å²) in [7, 11) is 0. The van der Waals surface area contributed by atoms with Crippen molar-refractivity contribution in [2.75, 3.05) is 5.32 Å². The molecule has 0 fully saturated rings. The van der Waals surface area contributed by atoms with Gasteiger partial charge in [0.2, 0.25) is 5.91 Å². The average Bonchev–Trinajstić information content (AvgIpc) is 2.19. The summed E-state index contributed by atoms with van der Waals surface area (Å²) in [4.78, 5) is 21.7. The molecule has 16 heavy (non-hydrogen) atoms. The molecule has 86 valence electrons. The first kappa shape index (κ1) is 12.2. The molecule has 5 heteroatoms. The molecule has 0 saturated carbocycles. The van der Waals surface area contributed by atoms with E-state index in [0.717, 1.165) is 6.07 Å². The number of nitrogens with one attached hydrogen (secondary N) is 1. The van der Waals surface area contributed by atoms with E-state index in [1.54, 1.807) is 6.92 Å². The van der Waals surface area contributed by atoms with E-state index < -0.39 is 17.7 Å². The summed E-state index contributed by atoms with van der Waals surface area (Å²) in [6.07, 6.45) is 0.429. The Kier molecular flexibility index (Phi) is 3.60. The number of amides is 1. The second-order valence-corrected chi connectivity index (χ2v) is 3.33. The first-order valence-electron chi connectivity index (χ1n) is 4.79. The minimum Gasteiger partial charge on any atom is -0.478 e. The second kappa shape index (κ2) is 4.74. The highest BCUT2D eigenvalue weighted by Gasteiger charge is 2.15. The zero-order valence-electron chi connectivity index (χ0n) is 9.00. The van der Waals surface area contributed by atoms with E-state index in [-0.39, 0.29) is 11.3 Å². The first-order valence-corrected chi connectivity index (χ1v) is 4.79. The normalized spacial score (nSPS) is 9.94. The molecule has 0 aromatic heterocycles. The maximum absolute atomic E-state index is 13.4. The van der Waals surface area contributed by atoms with Gasteiger partial charge >= 0.3 is 5.97 Å². The van der Waals surface area contributed by atoms with E-state index >= 15 is 0 Å². The number of benzene rings is 1. The van der Waals surface area contributed by atoms with Crippen LogP contribution in [0.25, 0.3) is 0 Å². The molecule has 2 N–H and O–H groups in total. The smallest absolute Gasteiger partial charge is 0.337 e. The van der Waals surface area contributed by atoms with Crippen LogP contribution in [-0.4, -0.2) is 17.0 Å². The summed E-state index contributed by atoms with van der Waals surface area (Å²) >= 11 is 0. The van der Waals surface area contributed by atoms with Gasteiger partial charge in [-0.2, -0.15) is 0 Å². The van der Waals surface area contributed by atoms with Crippen LogP contribution in [0.2, 0.25) is 0 Å². The summed E-state index contributed by atoms with van der Waals surface area (Å²) in [5.41, 5.74) is 0.247. The summed E-state index contributed by atoms with van der Waals surface area (Å²) in [6, 6.07) is 2.27. The van der Waals surface area contributed by atoms with Gasteiger partial charge in [-0.3, -0.25) is 4.79 Å². The van der Waals surface area contributed by atoms with Crippen molar-refractivity contribution in [2.45, 2.75) is 20.3 Å². The standard InChI is InChI=1S/C11H12FNO3/c1-3-7-4-10(13-6(2)14)8(11(15)16)5-9(7)12/h4-5H,3H2,1-2H3,(H,13,14)(H,15,16). The molecular formula is C11H12FNO3. The van der Waals surface area contributed by atoms with Crippen LogP contribution in [0.3, 0.4) is 0 Å². The first-order chi connectivity index (χ1) is 7.45. The van der Waals surface area contributed by atoms with Crippen LogP contribution in [0.5, 0.6) is 0 Å². The number of carboxylic acid groups (broad SMARTS) is 1. The third-order valence-electron chi connectivity index (χ3n) is 2.11. The Morgan fingerprint density at radius 3 is 2.50 bits per heavy atom. The van der Waals surface area contributed by atoms with Crippen molar-refractivity contribution in [3.05, 3.63) is 29.1 Å². The van der Waals surface area contributed by atoms with Crippen molar-refractivity contribution < 1.29 is 19.1 Å². The third-order valence-corrected chi connectivity index (χ3v) is 2.11. The molecule has 0 atom stereocenters. The lowest BCUT2D eigenvalue weighted by Crippen LogP contribution is -2.12. The lowest BCUT2D eigenvalue weighted by molar-refractivity contribution is -0.114. The predicted molar refractivity (Wildman–Crippen MR) is 57.0 cm³/mol. The van der Waals surface area contributed by atoms with Crippen LogP contribution in [-0.2, 0) is 11.2 Å². The number of aryl methyl sites for hydroxylation is 1. The molecule has 0 bridgehead atoms. The van der Waals surface area contributed by atoms with Gasteiger partial charge in [0.1, 0.15) is 5.82 Å². The van der Waals surface area contributed by atoms with Gasteiger partial charge in [-0.1, -0.05) is 6.92 Å². The van der Waals surface area contributed by atoms with Crippen LogP contribution in [0.4, 0.5) is 10.1 Å². The average molecular weight is 225 g/mol. The number of carboxylic acids is 1.